The van der Waals surface area contributed by atoms with Gasteiger partial charge in [0.1, 0.15) is 11.8 Å². The van der Waals surface area contributed by atoms with Gasteiger partial charge in [0.05, 0.1) is 7.11 Å². The maximum absolute atomic E-state index is 12.7. The summed E-state index contributed by atoms with van der Waals surface area (Å²) >= 11 is 0. The van der Waals surface area contributed by atoms with Crippen LogP contribution < -0.4 is 15.0 Å². The van der Waals surface area contributed by atoms with Crippen LogP contribution in [0.25, 0.3) is 0 Å². The van der Waals surface area contributed by atoms with Crippen molar-refractivity contribution < 1.29 is 14.5 Å². The van der Waals surface area contributed by atoms with Crippen molar-refractivity contribution in [2.45, 2.75) is 18.9 Å². The van der Waals surface area contributed by atoms with E-state index in [4.69, 9.17) is 4.74 Å². The van der Waals surface area contributed by atoms with Gasteiger partial charge >= 0.3 is 5.82 Å². The lowest BCUT2D eigenvalue weighted by Gasteiger charge is -2.25. The van der Waals surface area contributed by atoms with Gasteiger partial charge in [-0.3, -0.25) is 9.36 Å². The molecule has 2 heterocycles. The molecule has 1 aliphatic heterocycles. The molecule has 1 N–H and O–H groups in total. The summed E-state index contributed by atoms with van der Waals surface area (Å²) in [6.07, 6.45) is 2.80. The number of imidazole rings is 1. The van der Waals surface area contributed by atoms with Crippen LogP contribution in [-0.2, 0) is 11.8 Å². The molecule has 0 aliphatic carbocycles. The van der Waals surface area contributed by atoms with E-state index in [1.54, 1.807) is 47.9 Å². The number of carbonyl (C=O) groups excluding carboxylic acids is 1. The third-order valence-electron chi connectivity index (χ3n) is 4.25. The monoisotopic (exact) mass is 345 g/mol. The average Bonchev–Trinajstić information content (AvgIpc) is 3.21. The predicted molar refractivity (Wildman–Crippen MR) is 91.9 cm³/mol. The quantitative estimate of drug-likeness (QED) is 0.656. The van der Waals surface area contributed by atoms with Crippen molar-refractivity contribution in [1.29, 1.82) is 0 Å². The molecule has 9 heteroatoms. The van der Waals surface area contributed by atoms with Crippen LogP contribution >= 0.6 is 0 Å². The lowest BCUT2D eigenvalue weighted by molar-refractivity contribution is -0.388. The number of hydrogen-bond donors (Lipinski definition) is 1. The Bertz CT molecular complexity index is 786. The van der Waals surface area contributed by atoms with Crippen molar-refractivity contribution in [2.75, 3.05) is 23.9 Å². The van der Waals surface area contributed by atoms with Crippen LogP contribution in [0.15, 0.2) is 30.6 Å². The maximum atomic E-state index is 12.7. The molecule has 1 atom stereocenters. The first kappa shape index (κ1) is 16.7. The molecule has 132 valence electrons. The van der Waals surface area contributed by atoms with Crippen LogP contribution in [0.4, 0.5) is 17.3 Å². The standard InChI is InChI=1S/C16H19N5O4/c1-19-10-17-14(21(23)24)16(19)20-9-3-4-13(20)15(22)18-11-5-7-12(25-2)8-6-11/h5-8,10,13H,3-4,9H2,1-2H3,(H,18,22)/t13-/m1/s1. The smallest absolute Gasteiger partial charge is 0.406 e. The molecule has 1 aliphatic rings. The van der Waals surface area contributed by atoms with E-state index in [0.29, 0.717) is 30.2 Å². The van der Waals surface area contributed by atoms with E-state index >= 15 is 0 Å². The Morgan fingerprint density at radius 3 is 2.76 bits per heavy atom. The number of rotatable bonds is 5. The van der Waals surface area contributed by atoms with Crippen LogP contribution in [0, 0.1) is 10.1 Å². The summed E-state index contributed by atoms with van der Waals surface area (Å²) in [5.41, 5.74) is 0.650. The Labute approximate surface area is 144 Å². The fraction of sp³-hybridized carbons (Fsp3) is 0.375. The fourth-order valence-corrected chi connectivity index (χ4v) is 3.06. The number of nitrogens with one attached hydrogen (secondary N) is 1. The number of carbonyl (C=O) groups is 1. The van der Waals surface area contributed by atoms with Gasteiger partial charge in [0.25, 0.3) is 0 Å². The van der Waals surface area contributed by atoms with E-state index in [0.717, 1.165) is 6.42 Å². The Morgan fingerprint density at radius 1 is 1.40 bits per heavy atom. The zero-order valence-electron chi connectivity index (χ0n) is 14.0. The second-order valence-electron chi connectivity index (χ2n) is 5.83. The van der Waals surface area contributed by atoms with E-state index in [1.165, 1.54) is 6.33 Å². The largest absolute Gasteiger partial charge is 0.497 e. The molecule has 9 nitrogen and oxygen atoms in total. The van der Waals surface area contributed by atoms with Crippen molar-refractivity contribution in [3.05, 3.63) is 40.7 Å². The molecule has 0 radical (unpaired) electrons. The van der Waals surface area contributed by atoms with Crippen molar-refractivity contribution in [3.63, 3.8) is 0 Å². The predicted octanol–water partition coefficient (Wildman–Crippen LogP) is 1.94. The average molecular weight is 345 g/mol. The number of anilines is 2. The molecule has 0 spiro atoms. The molecule has 1 amide bonds. The minimum Gasteiger partial charge on any atom is -0.497 e. The van der Waals surface area contributed by atoms with Crippen LogP contribution in [0.1, 0.15) is 12.8 Å². The Kier molecular flexibility index (Phi) is 4.55. The first-order valence-corrected chi connectivity index (χ1v) is 7.88. The number of nitrogens with zero attached hydrogens (tertiary/aromatic N) is 4. The summed E-state index contributed by atoms with van der Waals surface area (Å²) in [4.78, 5) is 29.0. The summed E-state index contributed by atoms with van der Waals surface area (Å²) < 4.78 is 6.67. The van der Waals surface area contributed by atoms with E-state index in [1.807, 2.05) is 0 Å². The van der Waals surface area contributed by atoms with Gasteiger partial charge in [0.15, 0.2) is 0 Å². The SMILES string of the molecule is COc1ccc(NC(=O)[C@H]2CCCN2c2c([N+](=O)[O-])ncn2C)cc1. The fourth-order valence-electron chi connectivity index (χ4n) is 3.06. The van der Waals surface area contributed by atoms with E-state index in [2.05, 4.69) is 10.3 Å². The van der Waals surface area contributed by atoms with Crippen LogP contribution in [0.2, 0.25) is 0 Å². The van der Waals surface area contributed by atoms with Gasteiger partial charge in [-0.15, -0.1) is 0 Å². The highest BCUT2D eigenvalue weighted by Gasteiger charge is 2.37. The van der Waals surface area contributed by atoms with Gasteiger partial charge < -0.3 is 25.1 Å². The second-order valence-corrected chi connectivity index (χ2v) is 5.83. The first-order valence-electron chi connectivity index (χ1n) is 7.88. The highest BCUT2D eigenvalue weighted by atomic mass is 16.6. The lowest BCUT2D eigenvalue weighted by atomic mass is 10.2. The van der Waals surface area contributed by atoms with Gasteiger partial charge in [0.2, 0.25) is 18.1 Å². The molecule has 3 rings (SSSR count). The third kappa shape index (κ3) is 3.25. The van der Waals surface area contributed by atoms with Crippen LogP contribution in [-0.4, -0.2) is 40.1 Å². The van der Waals surface area contributed by atoms with Gasteiger partial charge in [0, 0.05) is 19.3 Å². The molecule has 1 aromatic carbocycles. The van der Waals surface area contributed by atoms with Crippen molar-refractivity contribution in [2.24, 2.45) is 7.05 Å². The zero-order valence-corrected chi connectivity index (χ0v) is 14.0. The molecule has 0 unspecified atom stereocenters. The molecule has 2 aromatic rings. The number of nitro groups is 1. The summed E-state index contributed by atoms with van der Waals surface area (Å²) in [7, 11) is 3.26. The molecule has 0 saturated carbocycles. The second kappa shape index (κ2) is 6.80. The van der Waals surface area contributed by atoms with E-state index in [-0.39, 0.29) is 11.7 Å². The van der Waals surface area contributed by atoms with Gasteiger partial charge in [-0.2, -0.15) is 0 Å². The van der Waals surface area contributed by atoms with E-state index in [9.17, 15) is 14.9 Å². The van der Waals surface area contributed by atoms with Crippen molar-refractivity contribution in [3.8, 4) is 5.75 Å². The number of aryl methyl sites for hydroxylation is 1. The van der Waals surface area contributed by atoms with Gasteiger partial charge in [-0.25, -0.2) is 0 Å². The van der Waals surface area contributed by atoms with Crippen molar-refractivity contribution in [1.82, 2.24) is 9.55 Å². The van der Waals surface area contributed by atoms with E-state index < -0.39 is 11.0 Å². The lowest BCUT2D eigenvalue weighted by Crippen LogP contribution is -2.40. The summed E-state index contributed by atoms with van der Waals surface area (Å²) in [5, 5.41) is 14.1. The maximum Gasteiger partial charge on any atom is 0.406 e. The van der Waals surface area contributed by atoms with Gasteiger partial charge in [-0.1, -0.05) is 0 Å². The number of amides is 1. The minimum atomic E-state index is -0.522. The highest BCUT2D eigenvalue weighted by Crippen LogP contribution is 2.32. The van der Waals surface area contributed by atoms with Crippen LogP contribution in [0.5, 0.6) is 5.75 Å². The topological polar surface area (TPSA) is 103 Å². The number of benzene rings is 1. The molecule has 25 heavy (non-hydrogen) atoms. The molecular formula is C16H19N5O4. The first-order chi connectivity index (χ1) is 12.0. The molecule has 1 fully saturated rings. The minimum absolute atomic E-state index is 0.196. The Balaban J connectivity index is 1.80. The molecule has 0 bridgehead atoms. The third-order valence-corrected chi connectivity index (χ3v) is 4.25. The molecule has 1 aromatic heterocycles. The highest BCUT2D eigenvalue weighted by molar-refractivity contribution is 5.97. The number of ether oxygens (including phenoxy) is 1. The van der Waals surface area contributed by atoms with Crippen LogP contribution in [0.3, 0.4) is 0 Å². The normalized spacial score (nSPS) is 16.7. The number of aromatic nitrogens is 2. The van der Waals surface area contributed by atoms with Gasteiger partial charge in [-0.05, 0) is 47.0 Å². The Hall–Kier alpha value is -3.10. The van der Waals surface area contributed by atoms with Crippen molar-refractivity contribution >= 4 is 23.2 Å². The number of hydrogen-bond acceptors (Lipinski definition) is 6. The summed E-state index contributed by atoms with van der Waals surface area (Å²) in [5.74, 6) is 0.633. The summed E-state index contributed by atoms with van der Waals surface area (Å²) in [6.45, 7) is 0.571. The number of methoxy groups -OCH3 is 1. The zero-order chi connectivity index (χ0) is 18.0. The molecule has 1 saturated heterocycles. The summed E-state index contributed by atoms with van der Waals surface area (Å²) in [6, 6.07) is 6.55. The Morgan fingerprint density at radius 2 is 2.12 bits per heavy atom. The molecular weight excluding hydrogens is 326 g/mol.